The minimum atomic E-state index is 0.370. The van der Waals surface area contributed by atoms with Gasteiger partial charge in [0, 0.05) is 0 Å². The van der Waals surface area contributed by atoms with Crippen LogP contribution in [0.4, 0.5) is 0 Å². The van der Waals surface area contributed by atoms with Gasteiger partial charge in [0.05, 0.1) is 7.11 Å². The van der Waals surface area contributed by atoms with E-state index in [1.165, 1.54) is 0 Å². The summed E-state index contributed by atoms with van der Waals surface area (Å²) in [5.41, 5.74) is 0.973. The van der Waals surface area contributed by atoms with Gasteiger partial charge in [-0.25, -0.2) is 0 Å². The Labute approximate surface area is 92.9 Å². The molecule has 0 saturated carbocycles. The fourth-order valence-electron chi connectivity index (χ4n) is 1.26. The number of aryl methyl sites for hydroxylation is 1. The first-order chi connectivity index (χ1) is 7.27. The van der Waals surface area contributed by atoms with Crippen molar-refractivity contribution in [2.45, 2.75) is 40.0 Å². The predicted octanol–water partition coefficient (Wildman–Crippen LogP) is 3.77. The van der Waals surface area contributed by atoms with E-state index in [1.807, 2.05) is 19.9 Å². The van der Waals surface area contributed by atoms with Crippen LogP contribution in [0.2, 0.25) is 0 Å². The second-order valence-electron chi connectivity index (χ2n) is 3.10. The molecule has 0 aliphatic rings. The van der Waals surface area contributed by atoms with E-state index in [1.54, 1.807) is 19.2 Å². The largest absolute Gasteiger partial charge is 0.508 e. The molecule has 1 N–H and O–H groups in total. The number of hydrogen-bond acceptors (Lipinski definition) is 2. The Kier molecular flexibility index (Phi) is 7.51. The first-order valence-corrected chi connectivity index (χ1v) is 5.63. The molecule has 1 aromatic rings. The number of benzene rings is 1. The van der Waals surface area contributed by atoms with Gasteiger partial charge < -0.3 is 9.84 Å². The van der Waals surface area contributed by atoms with E-state index in [0.717, 1.165) is 30.6 Å². The Morgan fingerprint density at radius 1 is 1.27 bits per heavy atom. The van der Waals surface area contributed by atoms with Crippen LogP contribution in [0.3, 0.4) is 0 Å². The molecule has 2 nitrogen and oxygen atoms in total. The summed E-state index contributed by atoms with van der Waals surface area (Å²) in [6.07, 6.45) is 3.15. The molecule has 0 spiro atoms. The van der Waals surface area contributed by atoms with E-state index in [0.29, 0.717) is 5.75 Å². The molecule has 1 aromatic carbocycles. The highest BCUT2D eigenvalue weighted by molar-refractivity contribution is 5.39. The molecule has 2 heteroatoms. The lowest BCUT2D eigenvalue weighted by atomic mass is 10.1. The van der Waals surface area contributed by atoms with Crippen LogP contribution < -0.4 is 4.74 Å². The lowest BCUT2D eigenvalue weighted by Crippen LogP contribution is -1.88. The summed E-state index contributed by atoms with van der Waals surface area (Å²) in [5.74, 6) is 1.18. The highest BCUT2D eigenvalue weighted by Crippen LogP contribution is 2.24. The van der Waals surface area contributed by atoms with E-state index >= 15 is 0 Å². The van der Waals surface area contributed by atoms with Crippen LogP contribution in [0.25, 0.3) is 0 Å². The Balaban J connectivity index is 0.000000921. The number of ether oxygens (including phenoxy) is 1. The van der Waals surface area contributed by atoms with E-state index in [2.05, 4.69) is 6.92 Å². The SMILES string of the molecule is CC.CCCCc1cc(OC)ccc1O. The fraction of sp³-hybridized carbons (Fsp3) is 0.538. The van der Waals surface area contributed by atoms with E-state index in [-0.39, 0.29) is 0 Å². The number of phenolic OH excluding ortho intramolecular Hbond substituents is 1. The maximum Gasteiger partial charge on any atom is 0.119 e. The lowest BCUT2D eigenvalue weighted by molar-refractivity contribution is 0.410. The second kappa shape index (κ2) is 8.16. The van der Waals surface area contributed by atoms with Crippen molar-refractivity contribution in [2.75, 3.05) is 7.11 Å². The zero-order valence-electron chi connectivity index (χ0n) is 10.2. The van der Waals surface area contributed by atoms with Crippen molar-refractivity contribution < 1.29 is 9.84 Å². The van der Waals surface area contributed by atoms with Crippen LogP contribution in [-0.4, -0.2) is 12.2 Å². The third-order valence-electron chi connectivity index (χ3n) is 2.09. The molecule has 0 saturated heterocycles. The van der Waals surface area contributed by atoms with Crippen LogP contribution >= 0.6 is 0 Å². The van der Waals surface area contributed by atoms with Crippen molar-refractivity contribution >= 4 is 0 Å². The van der Waals surface area contributed by atoms with Gasteiger partial charge in [0.25, 0.3) is 0 Å². The van der Waals surface area contributed by atoms with Gasteiger partial charge in [0.1, 0.15) is 11.5 Å². The van der Waals surface area contributed by atoms with Crippen LogP contribution in [0.5, 0.6) is 11.5 Å². The Hall–Kier alpha value is -1.18. The molecule has 0 atom stereocenters. The number of aromatic hydroxyl groups is 1. The molecule has 0 bridgehead atoms. The van der Waals surface area contributed by atoms with Crippen LogP contribution in [0.1, 0.15) is 39.2 Å². The van der Waals surface area contributed by atoms with Crippen LogP contribution in [0.15, 0.2) is 18.2 Å². The number of methoxy groups -OCH3 is 1. The summed E-state index contributed by atoms with van der Waals surface area (Å²) in [7, 11) is 1.63. The van der Waals surface area contributed by atoms with Crippen LogP contribution in [-0.2, 0) is 6.42 Å². The monoisotopic (exact) mass is 210 g/mol. The number of rotatable bonds is 4. The molecule has 0 heterocycles. The normalized spacial score (nSPS) is 9.07. The topological polar surface area (TPSA) is 29.5 Å². The van der Waals surface area contributed by atoms with Gasteiger partial charge in [0.2, 0.25) is 0 Å². The highest BCUT2D eigenvalue weighted by atomic mass is 16.5. The number of unbranched alkanes of at least 4 members (excludes halogenated alkanes) is 1. The first-order valence-electron chi connectivity index (χ1n) is 5.63. The molecule has 0 aromatic heterocycles. The summed E-state index contributed by atoms with van der Waals surface area (Å²) in [4.78, 5) is 0. The first kappa shape index (κ1) is 13.8. The Morgan fingerprint density at radius 2 is 1.93 bits per heavy atom. The lowest BCUT2D eigenvalue weighted by Gasteiger charge is -2.06. The summed E-state index contributed by atoms with van der Waals surface area (Å²) in [6, 6.07) is 5.35. The average Bonchev–Trinajstić information content (AvgIpc) is 2.31. The third-order valence-corrected chi connectivity index (χ3v) is 2.09. The molecule has 15 heavy (non-hydrogen) atoms. The summed E-state index contributed by atoms with van der Waals surface area (Å²) in [6.45, 7) is 6.14. The van der Waals surface area contributed by atoms with E-state index in [9.17, 15) is 5.11 Å². The maximum atomic E-state index is 9.50. The van der Waals surface area contributed by atoms with Gasteiger partial charge >= 0.3 is 0 Å². The number of phenols is 1. The molecule has 86 valence electrons. The summed E-state index contributed by atoms with van der Waals surface area (Å²) in [5, 5.41) is 9.50. The molecule has 0 fully saturated rings. The van der Waals surface area contributed by atoms with Crippen molar-refractivity contribution in [2.24, 2.45) is 0 Å². The van der Waals surface area contributed by atoms with E-state index in [4.69, 9.17) is 4.74 Å². The molecular formula is C13H22O2. The van der Waals surface area contributed by atoms with E-state index < -0.39 is 0 Å². The fourth-order valence-corrected chi connectivity index (χ4v) is 1.26. The quantitative estimate of drug-likeness (QED) is 0.819. The van der Waals surface area contributed by atoms with Crippen molar-refractivity contribution in [1.82, 2.24) is 0 Å². The van der Waals surface area contributed by atoms with Gasteiger partial charge in [-0.2, -0.15) is 0 Å². The van der Waals surface area contributed by atoms with Gasteiger partial charge in [-0.1, -0.05) is 27.2 Å². The summed E-state index contributed by atoms with van der Waals surface area (Å²) >= 11 is 0. The smallest absolute Gasteiger partial charge is 0.119 e. The van der Waals surface area contributed by atoms with Crippen LogP contribution in [0, 0.1) is 0 Å². The molecule has 0 amide bonds. The maximum absolute atomic E-state index is 9.50. The van der Waals surface area contributed by atoms with Gasteiger partial charge in [-0.15, -0.1) is 0 Å². The molecular weight excluding hydrogens is 188 g/mol. The molecule has 0 aliphatic carbocycles. The second-order valence-corrected chi connectivity index (χ2v) is 3.10. The minimum Gasteiger partial charge on any atom is -0.508 e. The predicted molar refractivity (Wildman–Crippen MR) is 64.6 cm³/mol. The van der Waals surface area contributed by atoms with Crippen molar-refractivity contribution in [3.05, 3.63) is 23.8 Å². The van der Waals surface area contributed by atoms with Crippen molar-refractivity contribution in [3.8, 4) is 11.5 Å². The Bertz CT molecular complexity index is 269. The summed E-state index contributed by atoms with van der Waals surface area (Å²) < 4.78 is 5.08. The van der Waals surface area contributed by atoms with Gasteiger partial charge in [0.15, 0.2) is 0 Å². The molecule has 0 aliphatic heterocycles. The average molecular weight is 210 g/mol. The molecule has 0 unspecified atom stereocenters. The van der Waals surface area contributed by atoms with Gasteiger partial charge in [-0.05, 0) is 36.6 Å². The zero-order valence-corrected chi connectivity index (χ0v) is 10.2. The standard InChI is InChI=1S/C11H16O2.C2H6/c1-3-4-5-9-8-10(13-2)6-7-11(9)12;1-2/h6-8,12H,3-5H2,1-2H3;1-2H3. The highest BCUT2D eigenvalue weighted by Gasteiger charge is 2.01. The Morgan fingerprint density at radius 3 is 2.47 bits per heavy atom. The minimum absolute atomic E-state index is 0.370. The van der Waals surface area contributed by atoms with Crippen molar-refractivity contribution in [1.29, 1.82) is 0 Å². The molecule has 0 radical (unpaired) electrons. The third kappa shape index (κ3) is 4.73. The number of hydrogen-bond donors (Lipinski definition) is 1. The molecule has 1 rings (SSSR count). The van der Waals surface area contributed by atoms with Crippen molar-refractivity contribution in [3.63, 3.8) is 0 Å². The zero-order chi connectivity index (χ0) is 11.7. The van der Waals surface area contributed by atoms with Gasteiger partial charge in [-0.3, -0.25) is 0 Å².